The molecule has 0 amide bonds. The maximum absolute atomic E-state index is 5.81. The fourth-order valence-corrected chi connectivity index (χ4v) is 1.67. The van der Waals surface area contributed by atoms with Crippen LogP contribution in [0, 0.1) is 12.3 Å². The molecule has 1 aliphatic heterocycles. The average molecular weight is 205 g/mol. The quantitative estimate of drug-likeness (QED) is 0.468. The molecule has 15 heavy (non-hydrogen) atoms. The highest BCUT2D eigenvalue weighted by Gasteiger charge is 2.13. The van der Waals surface area contributed by atoms with Crippen LogP contribution in [-0.2, 0) is 0 Å². The van der Waals surface area contributed by atoms with Crippen LogP contribution in [0.25, 0.3) is 0 Å². The van der Waals surface area contributed by atoms with E-state index in [0.29, 0.717) is 18.2 Å². The first-order chi connectivity index (χ1) is 7.27. The normalized spacial score (nSPS) is 18.9. The van der Waals surface area contributed by atoms with E-state index in [4.69, 9.17) is 12.2 Å². The average Bonchev–Trinajstić information content (AvgIpc) is 2.29. The molecule has 82 valence electrons. The highest BCUT2D eigenvalue weighted by atomic mass is 15.0. The summed E-state index contributed by atoms with van der Waals surface area (Å²) in [6.07, 6.45) is 9.70. The highest BCUT2D eigenvalue weighted by Crippen LogP contribution is 2.08. The van der Waals surface area contributed by atoms with E-state index in [-0.39, 0.29) is 0 Å². The molecule has 0 saturated carbocycles. The molecule has 1 heterocycles. The number of nitrogens with two attached hydrogens (primary N) is 1. The van der Waals surface area contributed by atoms with Crippen LogP contribution in [0.2, 0.25) is 0 Å². The zero-order valence-corrected chi connectivity index (χ0v) is 9.05. The molecule has 4 N–H and O–H groups in total. The summed E-state index contributed by atoms with van der Waals surface area (Å²) in [6.45, 7) is 5.75. The minimum absolute atomic E-state index is 0.480. The topological polar surface area (TPSA) is 50.1 Å². The molecular formula is C12H19N3. The van der Waals surface area contributed by atoms with Gasteiger partial charge in [0, 0.05) is 11.7 Å². The molecule has 1 rings (SSSR count). The lowest BCUT2D eigenvalue weighted by Gasteiger charge is -2.26. The van der Waals surface area contributed by atoms with E-state index < -0.39 is 0 Å². The van der Waals surface area contributed by atoms with Gasteiger partial charge in [0.15, 0.2) is 0 Å². The predicted molar refractivity (Wildman–Crippen MR) is 63.9 cm³/mol. The van der Waals surface area contributed by atoms with Crippen molar-refractivity contribution >= 4 is 0 Å². The zero-order valence-electron chi connectivity index (χ0n) is 9.05. The second kappa shape index (κ2) is 6.15. The summed E-state index contributed by atoms with van der Waals surface area (Å²) < 4.78 is 0. The van der Waals surface area contributed by atoms with Crippen LogP contribution in [0.4, 0.5) is 0 Å². The van der Waals surface area contributed by atoms with Crippen molar-refractivity contribution in [2.45, 2.75) is 25.3 Å². The summed E-state index contributed by atoms with van der Waals surface area (Å²) >= 11 is 0. The molecule has 0 atom stereocenters. The summed E-state index contributed by atoms with van der Waals surface area (Å²) in [5, 5.41) is 6.72. The van der Waals surface area contributed by atoms with E-state index >= 15 is 0 Å². The largest absolute Gasteiger partial charge is 0.397 e. The SMILES string of the molecule is C#CC/C(NC1CCNCC1)=C(/N)C=C. The van der Waals surface area contributed by atoms with Gasteiger partial charge in [-0.25, -0.2) is 0 Å². The molecule has 0 aromatic rings. The summed E-state index contributed by atoms with van der Waals surface area (Å²) in [4.78, 5) is 0. The molecule has 0 aliphatic carbocycles. The predicted octanol–water partition coefficient (Wildman–Crippen LogP) is 0.708. The van der Waals surface area contributed by atoms with Gasteiger partial charge in [-0.1, -0.05) is 6.58 Å². The first kappa shape index (κ1) is 11.7. The zero-order chi connectivity index (χ0) is 11.1. The lowest BCUT2D eigenvalue weighted by atomic mass is 10.1. The second-order valence-electron chi connectivity index (χ2n) is 3.69. The summed E-state index contributed by atoms with van der Waals surface area (Å²) in [5.74, 6) is 2.61. The van der Waals surface area contributed by atoms with E-state index in [1.165, 1.54) is 0 Å². The standard InChI is InChI=1S/C12H19N3/c1-3-5-12(11(13)4-2)15-10-6-8-14-9-7-10/h1,4,10,14-15H,2,5-9,13H2/b12-11-. The van der Waals surface area contributed by atoms with Gasteiger partial charge in [0.2, 0.25) is 0 Å². The lowest BCUT2D eigenvalue weighted by molar-refractivity contribution is 0.409. The Bertz CT molecular complexity index is 280. The van der Waals surface area contributed by atoms with Crippen LogP contribution in [0.1, 0.15) is 19.3 Å². The Labute approximate surface area is 91.8 Å². The monoisotopic (exact) mass is 205 g/mol. The fraction of sp³-hybridized carbons (Fsp3) is 0.500. The maximum Gasteiger partial charge on any atom is 0.0511 e. The molecule has 1 saturated heterocycles. The summed E-state index contributed by atoms with van der Waals surface area (Å²) in [7, 11) is 0. The van der Waals surface area contributed by atoms with Crippen LogP contribution in [0.15, 0.2) is 24.0 Å². The van der Waals surface area contributed by atoms with Gasteiger partial charge < -0.3 is 16.4 Å². The number of nitrogens with one attached hydrogen (secondary N) is 2. The van der Waals surface area contributed by atoms with Crippen LogP contribution in [0.5, 0.6) is 0 Å². The van der Waals surface area contributed by atoms with Crippen LogP contribution < -0.4 is 16.4 Å². The third kappa shape index (κ3) is 3.69. The highest BCUT2D eigenvalue weighted by molar-refractivity contribution is 5.23. The fourth-order valence-electron chi connectivity index (χ4n) is 1.67. The number of hydrogen-bond donors (Lipinski definition) is 3. The Morgan fingerprint density at radius 3 is 2.80 bits per heavy atom. The molecular weight excluding hydrogens is 186 g/mol. The van der Waals surface area contributed by atoms with Crippen molar-refractivity contribution in [3.8, 4) is 12.3 Å². The number of piperidine rings is 1. The molecule has 1 aliphatic rings. The van der Waals surface area contributed by atoms with Crippen LogP contribution >= 0.6 is 0 Å². The molecule has 0 unspecified atom stereocenters. The Morgan fingerprint density at radius 2 is 2.27 bits per heavy atom. The van der Waals surface area contributed by atoms with Gasteiger partial charge in [-0.2, -0.15) is 0 Å². The van der Waals surface area contributed by atoms with E-state index in [2.05, 4.69) is 23.1 Å². The number of terminal acetylenes is 1. The molecule has 0 radical (unpaired) electrons. The van der Waals surface area contributed by atoms with Gasteiger partial charge >= 0.3 is 0 Å². The maximum atomic E-state index is 5.81. The first-order valence-corrected chi connectivity index (χ1v) is 5.29. The Morgan fingerprint density at radius 1 is 1.60 bits per heavy atom. The molecule has 0 aromatic heterocycles. The van der Waals surface area contributed by atoms with Crippen molar-refractivity contribution in [3.05, 3.63) is 24.0 Å². The number of hydrogen-bond acceptors (Lipinski definition) is 3. The second-order valence-corrected chi connectivity index (χ2v) is 3.69. The molecule has 1 fully saturated rings. The Kier molecular flexibility index (Phi) is 4.79. The van der Waals surface area contributed by atoms with Gasteiger partial charge in [-0.15, -0.1) is 12.3 Å². The van der Waals surface area contributed by atoms with E-state index in [1.54, 1.807) is 6.08 Å². The van der Waals surface area contributed by atoms with E-state index in [9.17, 15) is 0 Å². The smallest absolute Gasteiger partial charge is 0.0511 e. The number of rotatable bonds is 4. The van der Waals surface area contributed by atoms with Crippen LogP contribution in [0.3, 0.4) is 0 Å². The first-order valence-electron chi connectivity index (χ1n) is 5.29. The molecule has 3 nitrogen and oxygen atoms in total. The molecule has 0 bridgehead atoms. The van der Waals surface area contributed by atoms with Crippen molar-refractivity contribution < 1.29 is 0 Å². The third-order valence-electron chi connectivity index (χ3n) is 2.56. The molecule has 0 aromatic carbocycles. The third-order valence-corrected chi connectivity index (χ3v) is 2.56. The van der Waals surface area contributed by atoms with Gasteiger partial charge in [-0.05, 0) is 32.0 Å². The summed E-state index contributed by atoms with van der Waals surface area (Å²) in [5.41, 5.74) is 7.40. The van der Waals surface area contributed by atoms with Gasteiger partial charge in [-0.3, -0.25) is 0 Å². The van der Waals surface area contributed by atoms with Gasteiger partial charge in [0.25, 0.3) is 0 Å². The van der Waals surface area contributed by atoms with E-state index in [1.807, 2.05) is 0 Å². The van der Waals surface area contributed by atoms with Crippen molar-refractivity contribution in [3.63, 3.8) is 0 Å². The molecule has 3 heteroatoms. The molecule has 0 spiro atoms. The minimum Gasteiger partial charge on any atom is -0.397 e. The van der Waals surface area contributed by atoms with Crippen molar-refractivity contribution in [2.75, 3.05) is 13.1 Å². The Hall–Kier alpha value is -1.40. The van der Waals surface area contributed by atoms with E-state index in [0.717, 1.165) is 31.6 Å². The lowest BCUT2D eigenvalue weighted by Crippen LogP contribution is -2.40. The number of allylic oxidation sites excluding steroid dienone is 2. The van der Waals surface area contributed by atoms with Crippen molar-refractivity contribution in [1.82, 2.24) is 10.6 Å². The van der Waals surface area contributed by atoms with Gasteiger partial charge in [0.05, 0.1) is 12.1 Å². The Balaban J connectivity index is 2.58. The van der Waals surface area contributed by atoms with Crippen LogP contribution in [-0.4, -0.2) is 19.1 Å². The minimum atomic E-state index is 0.480. The van der Waals surface area contributed by atoms with Crippen molar-refractivity contribution in [2.24, 2.45) is 5.73 Å². The van der Waals surface area contributed by atoms with Gasteiger partial charge in [0.1, 0.15) is 0 Å². The van der Waals surface area contributed by atoms with Crippen molar-refractivity contribution in [1.29, 1.82) is 0 Å². The summed E-state index contributed by atoms with van der Waals surface area (Å²) in [6, 6.07) is 0.480.